The summed E-state index contributed by atoms with van der Waals surface area (Å²) in [6.07, 6.45) is 0. The predicted molar refractivity (Wildman–Crippen MR) is 72.1 cm³/mol. The highest BCUT2D eigenvalue weighted by atomic mass is 16.3. The van der Waals surface area contributed by atoms with Gasteiger partial charge >= 0.3 is 0 Å². The number of aromatic hydroxyl groups is 1. The average molecular weight is 245 g/mol. The van der Waals surface area contributed by atoms with Crippen LogP contribution in [0, 0.1) is 13.8 Å². The van der Waals surface area contributed by atoms with Crippen molar-refractivity contribution >= 4 is 0 Å². The Morgan fingerprint density at radius 2 is 1.89 bits per heavy atom. The lowest BCUT2D eigenvalue weighted by molar-refractivity contribution is 0.475. The number of nitrogens with zero attached hydrogens (tertiary/aromatic N) is 2. The molecule has 4 nitrogen and oxygen atoms in total. The maximum absolute atomic E-state index is 9.31. The zero-order valence-electron chi connectivity index (χ0n) is 11.1. The number of rotatable bonds is 4. The summed E-state index contributed by atoms with van der Waals surface area (Å²) < 4.78 is 1.92. The van der Waals surface area contributed by atoms with Crippen molar-refractivity contribution in [1.29, 1.82) is 0 Å². The van der Waals surface area contributed by atoms with Gasteiger partial charge in [-0.3, -0.25) is 0 Å². The van der Waals surface area contributed by atoms with Crippen LogP contribution in [-0.4, -0.2) is 21.4 Å². The van der Waals surface area contributed by atoms with Crippen molar-refractivity contribution in [3.05, 3.63) is 41.2 Å². The number of phenols is 1. The van der Waals surface area contributed by atoms with Gasteiger partial charge in [-0.1, -0.05) is 6.92 Å². The lowest BCUT2D eigenvalue weighted by Gasteiger charge is -2.06. The van der Waals surface area contributed by atoms with E-state index < -0.39 is 0 Å². The number of benzene rings is 1. The predicted octanol–water partition coefficient (Wildman–Crippen LogP) is 2.30. The Balaban J connectivity index is 2.37. The van der Waals surface area contributed by atoms with Crippen molar-refractivity contribution in [1.82, 2.24) is 15.1 Å². The molecule has 0 saturated carbocycles. The summed E-state index contributed by atoms with van der Waals surface area (Å²) in [5.74, 6) is 0.271. The Bertz CT molecular complexity index is 529. The molecular weight excluding hydrogens is 226 g/mol. The Labute approximate surface area is 107 Å². The second-order valence-electron chi connectivity index (χ2n) is 4.36. The third-order valence-electron chi connectivity index (χ3n) is 3.09. The van der Waals surface area contributed by atoms with Gasteiger partial charge in [0.25, 0.3) is 0 Å². The zero-order chi connectivity index (χ0) is 13.1. The van der Waals surface area contributed by atoms with Crippen LogP contribution >= 0.6 is 0 Å². The van der Waals surface area contributed by atoms with Gasteiger partial charge in [-0.05, 0) is 44.7 Å². The van der Waals surface area contributed by atoms with Gasteiger partial charge in [0.15, 0.2) is 0 Å². The van der Waals surface area contributed by atoms with Crippen molar-refractivity contribution in [3.8, 4) is 11.4 Å². The van der Waals surface area contributed by atoms with Gasteiger partial charge in [0, 0.05) is 17.8 Å². The molecule has 2 N–H and O–H groups in total. The van der Waals surface area contributed by atoms with E-state index in [4.69, 9.17) is 0 Å². The molecule has 2 aromatic rings. The molecular formula is C14H19N3O. The molecule has 0 unspecified atom stereocenters. The van der Waals surface area contributed by atoms with Crippen LogP contribution in [0.25, 0.3) is 5.69 Å². The number of aryl methyl sites for hydroxylation is 1. The monoisotopic (exact) mass is 245 g/mol. The Morgan fingerprint density at radius 3 is 2.50 bits per heavy atom. The van der Waals surface area contributed by atoms with E-state index in [0.29, 0.717) is 0 Å². The maximum Gasteiger partial charge on any atom is 0.115 e. The van der Waals surface area contributed by atoms with Crippen molar-refractivity contribution < 1.29 is 5.11 Å². The summed E-state index contributed by atoms with van der Waals surface area (Å²) in [5.41, 5.74) is 4.39. The van der Waals surface area contributed by atoms with Gasteiger partial charge in [-0.2, -0.15) is 5.10 Å². The molecule has 1 aromatic heterocycles. The lowest BCUT2D eigenvalue weighted by Crippen LogP contribution is -2.13. The third kappa shape index (κ3) is 2.38. The van der Waals surface area contributed by atoms with Gasteiger partial charge in [0.1, 0.15) is 5.75 Å². The molecule has 0 aliphatic carbocycles. The molecule has 0 bridgehead atoms. The van der Waals surface area contributed by atoms with Gasteiger partial charge in [-0.25, -0.2) is 4.68 Å². The highest BCUT2D eigenvalue weighted by molar-refractivity contribution is 5.40. The minimum atomic E-state index is 0.271. The summed E-state index contributed by atoms with van der Waals surface area (Å²) in [4.78, 5) is 0. The molecule has 0 fully saturated rings. The first kappa shape index (κ1) is 12.6. The van der Waals surface area contributed by atoms with Crippen molar-refractivity contribution in [2.75, 3.05) is 6.54 Å². The smallest absolute Gasteiger partial charge is 0.115 e. The summed E-state index contributed by atoms with van der Waals surface area (Å²) in [6.45, 7) is 7.97. The summed E-state index contributed by atoms with van der Waals surface area (Å²) >= 11 is 0. The second-order valence-corrected chi connectivity index (χ2v) is 4.36. The molecule has 96 valence electrons. The Kier molecular flexibility index (Phi) is 3.67. The Morgan fingerprint density at radius 1 is 1.22 bits per heavy atom. The molecule has 0 spiro atoms. The first-order chi connectivity index (χ1) is 8.63. The van der Waals surface area contributed by atoms with E-state index in [0.717, 1.165) is 30.2 Å². The fourth-order valence-electron chi connectivity index (χ4n) is 2.03. The van der Waals surface area contributed by atoms with Crippen LogP contribution in [0.15, 0.2) is 24.3 Å². The SMILES string of the molecule is CCNCc1c(C)nn(-c2ccc(O)cc2)c1C. The topological polar surface area (TPSA) is 50.1 Å². The number of hydrogen-bond acceptors (Lipinski definition) is 3. The number of nitrogens with one attached hydrogen (secondary N) is 1. The van der Waals surface area contributed by atoms with Crippen LogP contribution < -0.4 is 5.32 Å². The van der Waals surface area contributed by atoms with Crippen LogP contribution in [0.2, 0.25) is 0 Å². The van der Waals surface area contributed by atoms with E-state index in [1.165, 1.54) is 5.56 Å². The largest absolute Gasteiger partial charge is 0.508 e. The van der Waals surface area contributed by atoms with E-state index >= 15 is 0 Å². The minimum absolute atomic E-state index is 0.271. The van der Waals surface area contributed by atoms with Gasteiger partial charge < -0.3 is 10.4 Å². The van der Waals surface area contributed by atoms with Crippen LogP contribution in [-0.2, 0) is 6.54 Å². The molecule has 1 aromatic carbocycles. The molecule has 0 atom stereocenters. The molecule has 0 aliphatic rings. The highest BCUT2D eigenvalue weighted by Crippen LogP contribution is 2.19. The van der Waals surface area contributed by atoms with Crippen LogP contribution in [0.5, 0.6) is 5.75 Å². The molecule has 18 heavy (non-hydrogen) atoms. The highest BCUT2D eigenvalue weighted by Gasteiger charge is 2.11. The fourth-order valence-corrected chi connectivity index (χ4v) is 2.03. The van der Waals surface area contributed by atoms with E-state index in [1.54, 1.807) is 12.1 Å². The average Bonchev–Trinajstić information content (AvgIpc) is 2.64. The van der Waals surface area contributed by atoms with Crippen molar-refractivity contribution in [2.24, 2.45) is 0 Å². The van der Waals surface area contributed by atoms with E-state index in [9.17, 15) is 5.11 Å². The van der Waals surface area contributed by atoms with Gasteiger partial charge in [0.05, 0.1) is 11.4 Å². The van der Waals surface area contributed by atoms with Crippen molar-refractivity contribution in [3.63, 3.8) is 0 Å². The summed E-state index contributed by atoms with van der Waals surface area (Å²) in [5, 5.41) is 17.2. The summed E-state index contributed by atoms with van der Waals surface area (Å²) in [6, 6.07) is 7.09. The maximum atomic E-state index is 9.31. The number of aromatic nitrogens is 2. The molecule has 0 radical (unpaired) electrons. The fraction of sp³-hybridized carbons (Fsp3) is 0.357. The first-order valence-electron chi connectivity index (χ1n) is 6.18. The Hall–Kier alpha value is -1.81. The number of phenolic OH excluding ortho intramolecular Hbond substituents is 1. The minimum Gasteiger partial charge on any atom is -0.508 e. The molecule has 2 rings (SSSR count). The first-order valence-corrected chi connectivity index (χ1v) is 6.18. The zero-order valence-corrected chi connectivity index (χ0v) is 11.1. The quantitative estimate of drug-likeness (QED) is 0.869. The van der Waals surface area contributed by atoms with Gasteiger partial charge in [-0.15, -0.1) is 0 Å². The number of hydrogen-bond donors (Lipinski definition) is 2. The molecule has 0 saturated heterocycles. The molecule has 0 aliphatic heterocycles. The normalized spacial score (nSPS) is 10.8. The lowest BCUT2D eigenvalue weighted by atomic mass is 10.2. The van der Waals surface area contributed by atoms with Crippen molar-refractivity contribution in [2.45, 2.75) is 27.3 Å². The summed E-state index contributed by atoms with van der Waals surface area (Å²) in [7, 11) is 0. The standard InChI is InChI=1S/C14H19N3O/c1-4-15-9-14-10(2)16-17(11(14)3)12-5-7-13(18)8-6-12/h5-8,15,18H,4,9H2,1-3H3. The van der Waals surface area contributed by atoms with E-state index in [2.05, 4.69) is 24.3 Å². The van der Waals surface area contributed by atoms with Gasteiger partial charge in [0.2, 0.25) is 0 Å². The van der Waals surface area contributed by atoms with E-state index in [-0.39, 0.29) is 5.75 Å². The van der Waals surface area contributed by atoms with Crippen LogP contribution in [0.1, 0.15) is 23.9 Å². The van der Waals surface area contributed by atoms with Crippen LogP contribution in [0.4, 0.5) is 0 Å². The molecule has 0 amide bonds. The van der Waals surface area contributed by atoms with E-state index in [1.807, 2.05) is 23.7 Å². The molecule has 1 heterocycles. The third-order valence-corrected chi connectivity index (χ3v) is 3.09. The van der Waals surface area contributed by atoms with Crippen LogP contribution in [0.3, 0.4) is 0 Å². The molecule has 4 heteroatoms. The second kappa shape index (κ2) is 5.23.